The smallest absolute Gasteiger partial charge is 0.358 e. The maximum atomic E-state index is 11.3. The van der Waals surface area contributed by atoms with Gasteiger partial charge in [0.15, 0.2) is 5.69 Å². The normalized spacial score (nSPS) is 10.6. The molecule has 6 heteroatoms. The van der Waals surface area contributed by atoms with E-state index in [4.69, 9.17) is 4.74 Å². The standard InChI is InChI=1S/C15H19N3O3/c1-3-4-5-10-18-14(13(15(19)20)16-17-18)11-6-8-12(21-2)9-7-11/h6-9H,3-5,10H2,1-2H3,(H,19,20). The second kappa shape index (κ2) is 6.88. The Morgan fingerprint density at radius 3 is 2.57 bits per heavy atom. The van der Waals surface area contributed by atoms with Crippen molar-refractivity contribution in [2.75, 3.05) is 7.11 Å². The number of unbranched alkanes of at least 4 members (excludes halogenated alkanes) is 2. The quantitative estimate of drug-likeness (QED) is 0.793. The Hall–Kier alpha value is -2.37. The second-order valence-electron chi connectivity index (χ2n) is 4.75. The van der Waals surface area contributed by atoms with Crippen LogP contribution in [0.25, 0.3) is 11.3 Å². The summed E-state index contributed by atoms with van der Waals surface area (Å²) in [5.74, 6) is -0.344. The van der Waals surface area contributed by atoms with Crippen LogP contribution in [0.3, 0.4) is 0 Å². The Bertz CT molecular complexity index is 605. The molecule has 0 aliphatic rings. The molecule has 21 heavy (non-hydrogen) atoms. The molecular weight excluding hydrogens is 270 g/mol. The lowest BCUT2D eigenvalue weighted by Gasteiger charge is -2.08. The van der Waals surface area contributed by atoms with Crippen LogP contribution < -0.4 is 4.74 Å². The van der Waals surface area contributed by atoms with E-state index in [0.717, 1.165) is 30.6 Å². The van der Waals surface area contributed by atoms with E-state index in [-0.39, 0.29) is 5.69 Å². The van der Waals surface area contributed by atoms with Crippen molar-refractivity contribution in [1.29, 1.82) is 0 Å². The number of hydrogen-bond acceptors (Lipinski definition) is 4. The zero-order valence-electron chi connectivity index (χ0n) is 12.2. The number of ether oxygens (including phenoxy) is 1. The lowest BCUT2D eigenvalue weighted by Crippen LogP contribution is -2.05. The van der Waals surface area contributed by atoms with Crippen LogP contribution in [0.15, 0.2) is 24.3 Å². The van der Waals surface area contributed by atoms with E-state index in [1.54, 1.807) is 23.9 Å². The zero-order chi connectivity index (χ0) is 15.2. The summed E-state index contributed by atoms with van der Waals surface area (Å²) >= 11 is 0. The molecule has 1 aromatic carbocycles. The lowest BCUT2D eigenvalue weighted by molar-refractivity contribution is 0.0691. The zero-order valence-corrected chi connectivity index (χ0v) is 12.2. The van der Waals surface area contributed by atoms with E-state index >= 15 is 0 Å². The van der Waals surface area contributed by atoms with Crippen LogP contribution in [-0.2, 0) is 6.54 Å². The molecule has 0 radical (unpaired) electrons. The van der Waals surface area contributed by atoms with E-state index in [0.29, 0.717) is 12.2 Å². The average Bonchev–Trinajstić information content (AvgIpc) is 2.92. The fraction of sp³-hybridized carbons (Fsp3) is 0.400. The Balaban J connectivity index is 2.37. The first kappa shape index (κ1) is 15.0. The van der Waals surface area contributed by atoms with Crippen LogP contribution in [0.5, 0.6) is 5.75 Å². The van der Waals surface area contributed by atoms with Gasteiger partial charge in [0.25, 0.3) is 0 Å². The summed E-state index contributed by atoms with van der Waals surface area (Å²) in [4.78, 5) is 11.3. The van der Waals surface area contributed by atoms with E-state index in [1.807, 2.05) is 12.1 Å². The minimum atomic E-state index is -1.07. The van der Waals surface area contributed by atoms with Crippen LogP contribution in [0, 0.1) is 0 Å². The average molecular weight is 289 g/mol. The largest absolute Gasteiger partial charge is 0.497 e. The molecule has 0 aliphatic heterocycles. The van der Waals surface area contributed by atoms with Gasteiger partial charge in [-0.15, -0.1) is 5.10 Å². The summed E-state index contributed by atoms with van der Waals surface area (Å²) in [6.45, 7) is 2.78. The van der Waals surface area contributed by atoms with Gasteiger partial charge in [-0.3, -0.25) is 0 Å². The van der Waals surface area contributed by atoms with Crippen LogP contribution in [0.2, 0.25) is 0 Å². The van der Waals surface area contributed by atoms with E-state index in [2.05, 4.69) is 17.2 Å². The minimum Gasteiger partial charge on any atom is -0.497 e. The van der Waals surface area contributed by atoms with Crippen LogP contribution in [0.1, 0.15) is 36.7 Å². The summed E-state index contributed by atoms with van der Waals surface area (Å²) < 4.78 is 6.79. The Morgan fingerprint density at radius 2 is 2.00 bits per heavy atom. The molecule has 0 aliphatic carbocycles. The van der Waals surface area contributed by atoms with Crippen LogP contribution >= 0.6 is 0 Å². The first-order chi connectivity index (χ1) is 10.2. The highest BCUT2D eigenvalue weighted by molar-refractivity contribution is 5.92. The highest BCUT2D eigenvalue weighted by Crippen LogP contribution is 2.25. The van der Waals surface area contributed by atoms with E-state index in [1.165, 1.54) is 0 Å². The number of carboxylic acid groups (broad SMARTS) is 1. The van der Waals surface area contributed by atoms with Crippen molar-refractivity contribution in [1.82, 2.24) is 15.0 Å². The van der Waals surface area contributed by atoms with Gasteiger partial charge in [-0.2, -0.15) is 0 Å². The first-order valence-electron chi connectivity index (χ1n) is 6.98. The topological polar surface area (TPSA) is 77.2 Å². The van der Waals surface area contributed by atoms with Crippen molar-refractivity contribution in [3.05, 3.63) is 30.0 Å². The maximum absolute atomic E-state index is 11.3. The number of aromatic nitrogens is 3. The van der Waals surface area contributed by atoms with Gasteiger partial charge in [-0.05, 0) is 30.7 Å². The van der Waals surface area contributed by atoms with Crippen molar-refractivity contribution in [3.63, 3.8) is 0 Å². The molecule has 0 amide bonds. The molecule has 2 rings (SSSR count). The Kier molecular flexibility index (Phi) is 4.92. The number of aromatic carboxylic acids is 1. The Morgan fingerprint density at radius 1 is 1.29 bits per heavy atom. The van der Waals surface area contributed by atoms with E-state index in [9.17, 15) is 9.90 Å². The number of carbonyl (C=O) groups is 1. The molecule has 2 aromatic rings. The summed E-state index contributed by atoms with van der Waals surface area (Å²) in [6.07, 6.45) is 3.12. The lowest BCUT2D eigenvalue weighted by atomic mass is 10.1. The van der Waals surface area contributed by atoms with Crippen molar-refractivity contribution in [2.45, 2.75) is 32.7 Å². The molecule has 0 fully saturated rings. The third-order valence-electron chi connectivity index (χ3n) is 3.27. The summed E-state index contributed by atoms with van der Waals surface area (Å²) in [5.41, 5.74) is 1.30. The van der Waals surface area contributed by atoms with Gasteiger partial charge in [0.2, 0.25) is 0 Å². The molecule has 0 saturated carbocycles. The van der Waals surface area contributed by atoms with Crippen molar-refractivity contribution in [3.8, 4) is 17.0 Å². The number of benzene rings is 1. The van der Waals surface area contributed by atoms with Gasteiger partial charge < -0.3 is 9.84 Å². The highest BCUT2D eigenvalue weighted by Gasteiger charge is 2.20. The molecular formula is C15H19N3O3. The van der Waals surface area contributed by atoms with Crippen molar-refractivity contribution >= 4 is 5.97 Å². The molecule has 1 aromatic heterocycles. The minimum absolute atomic E-state index is 0.0170. The number of rotatable bonds is 7. The van der Waals surface area contributed by atoms with Gasteiger partial charge >= 0.3 is 5.97 Å². The Labute approximate surface area is 123 Å². The highest BCUT2D eigenvalue weighted by atomic mass is 16.5. The van der Waals surface area contributed by atoms with Gasteiger partial charge in [0.05, 0.1) is 7.11 Å². The molecule has 0 atom stereocenters. The van der Waals surface area contributed by atoms with Gasteiger partial charge in [-0.25, -0.2) is 9.48 Å². The summed E-state index contributed by atoms with van der Waals surface area (Å²) in [7, 11) is 1.59. The second-order valence-corrected chi connectivity index (χ2v) is 4.75. The summed E-state index contributed by atoms with van der Waals surface area (Å²) in [6, 6.07) is 7.23. The van der Waals surface area contributed by atoms with Gasteiger partial charge in [0.1, 0.15) is 11.4 Å². The summed E-state index contributed by atoms with van der Waals surface area (Å²) in [5, 5.41) is 17.1. The van der Waals surface area contributed by atoms with Crippen molar-refractivity contribution < 1.29 is 14.6 Å². The monoisotopic (exact) mass is 289 g/mol. The number of aryl methyl sites for hydroxylation is 1. The fourth-order valence-corrected chi connectivity index (χ4v) is 2.16. The maximum Gasteiger partial charge on any atom is 0.358 e. The SMILES string of the molecule is CCCCCn1nnc(C(=O)O)c1-c1ccc(OC)cc1. The molecule has 0 spiro atoms. The first-order valence-corrected chi connectivity index (χ1v) is 6.98. The molecule has 1 N–H and O–H groups in total. The van der Waals surface area contributed by atoms with Crippen molar-refractivity contribution in [2.24, 2.45) is 0 Å². The number of carboxylic acids is 1. The molecule has 0 saturated heterocycles. The predicted molar refractivity (Wildman–Crippen MR) is 78.5 cm³/mol. The van der Waals surface area contributed by atoms with Crippen LogP contribution in [0.4, 0.5) is 0 Å². The molecule has 1 heterocycles. The van der Waals surface area contributed by atoms with E-state index < -0.39 is 5.97 Å². The third kappa shape index (κ3) is 3.39. The predicted octanol–water partition coefficient (Wildman–Crippen LogP) is 2.84. The molecule has 112 valence electrons. The molecule has 0 unspecified atom stereocenters. The number of methoxy groups -OCH3 is 1. The molecule has 0 bridgehead atoms. The van der Waals surface area contributed by atoms with Crippen LogP contribution in [-0.4, -0.2) is 33.2 Å². The number of nitrogens with zero attached hydrogens (tertiary/aromatic N) is 3. The van der Waals surface area contributed by atoms with Gasteiger partial charge in [0, 0.05) is 12.1 Å². The molecule has 6 nitrogen and oxygen atoms in total. The third-order valence-corrected chi connectivity index (χ3v) is 3.27. The van der Waals surface area contributed by atoms with Gasteiger partial charge in [-0.1, -0.05) is 25.0 Å². The fourth-order valence-electron chi connectivity index (χ4n) is 2.16. The number of hydrogen-bond donors (Lipinski definition) is 1.